The molecular formula is C18H20N4O5. The third kappa shape index (κ3) is 2.79. The molecule has 1 aromatic rings. The fraction of sp³-hybridized carbons (Fsp3) is 0.444. The molecule has 3 N–H and O–H groups in total. The number of nitrogens with one attached hydrogen (secondary N) is 1. The molecule has 3 heterocycles. The van der Waals surface area contributed by atoms with Crippen LogP contribution < -0.4 is 16.0 Å². The Morgan fingerprint density at radius 2 is 1.85 bits per heavy atom. The van der Waals surface area contributed by atoms with Crippen molar-refractivity contribution in [2.75, 3.05) is 25.1 Å². The van der Waals surface area contributed by atoms with E-state index in [1.165, 1.54) is 0 Å². The van der Waals surface area contributed by atoms with E-state index >= 15 is 0 Å². The maximum atomic E-state index is 12.9. The lowest BCUT2D eigenvalue weighted by Crippen LogP contribution is -2.54. The predicted octanol–water partition coefficient (Wildman–Crippen LogP) is -0.750. The quantitative estimate of drug-likeness (QED) is 0.670. The van der Waals surface area contributed by atoms with Crippen LogP contribution >= 0.6 is 0 Å². The van der Waals surface area contributed by atoms with Crippen LogP contribution in [-0.2, 0) is 14.3 Å². The van der Waals surface area contributed by atoms with Gasteiger partial charge < -0.3 is 15.4 Å². The first-order valence-corrected chi connectivity index (χ1v) is 8.79. The van der Waals surface area contributed by atoms with E-state index in [1.54, 1.807) is 25.3 Å². The zero-order chi connectivity index (χ0) is 19.3. The Kier molecular flexibility index (Phi) is 4.20. The Hall–Kier alpha value is -2.78. The summed E-state index contributed by atoms with van der Waals surface area (Å²) in [6.07, 6.45) is 0.133. The minimum atomic E-state index is -0.961. The van der Waals surface area contributed by atoms with E-state index in [2.05, 4.69) is 5.32 Å². The molecule has 2 saturated heterocycles. The van der Waals surface area contributed by atoms with Gasteiger partial charge in [0.15, 0.2) is 0 Å². The van der Waals surface area contributed by atoms with Gasteiger partial charge in [0.2, 0.25) is 11.8 Å². The number of nitrogens with two attached hydrogens (primary N) is 1. The monoisotopic (exact) mass is 372 g/mol. The van der Waals surface area contributed by atoms with Gasteiger partial charge in [0.1, 0.15) is 6.04 Å². The van der Waals surface area contributed by atoms with Gasteiger partial charge in [-0.15, -0.1) is 0 Å². The molecule has 1 unspecified atom stereocenters. The summed E-state index contributed by atoms with van der Waals surface area (Å²) < 4.78 is 5.35. The number of imide groups is 2. The molecule has 0 aliphatic carbocycles. The molecule has 2 fully saturated rings. The van der Waals surface area contributed by atoms with E-state index in [9.17, 15) is 19.2 Å². The molecule has 3 aliphatic heterocycles. The number of rotatable bonds is 3. The number of hydrogen-bond acceptors (Lipinski definition) is 7. The zero-order valence-electron chi connectivity index (χ0n) is 14.8. The van der Waals surface area contributed by atoms with Crippen molar-refractivity contribution in [1.29, 1.82) is 0 Å². The summed E-state index contributed by atoms with van der Waals surface area (Å²) >= 11 is 0. The highest BCUT2D eigenvalue weighted by Gasteiger charge is 2.45. The molecule has 27 heavy (non-hydrogen) atoms. The molecule has 9 heteroatoms. The summed E-state index contributed by atoms with van der Waals surface area (Å²) in [6.45, 7) is 1.17. The summed E-state index contributed by atoms with van der Waals surface area (Å²) in [7, 11) is 1.61. The lowest BCUT2D eigenvalue weighted by molar-refractivity contribution is -0.136. The van der Waals surface area contributed by atoms with E-state index in [0.717, 1.165) is 10.6 Å². The number of fused-ring (bicyclic) bond motifs is 1. The van der Waals surface area contributed by atoms with Gasteiger partial charge >= 0.3 is 0 Å². The van der Waals surface area contributed by atoms with Crippen LogP contribution in [0, 0.1) is 0 Å². The van der Waals surface area contributed by atoms with Gasteiger partial charge in [-0.2, -0.15) is 0 Å². The average molecular weight is 372 g/mol. The minimum absolute atomic E-state index is 0.0964. The summed E-state index contributed by atoms with van der Waals surface area (Å²) in [5.41, 5.74) is 7.36. The minimum Gasteiger partial charge on any atom is -0.378 e. The summed E-state index contributed by atoms with van der Waals surface area (Å²) in [5, 5.41) is 2.19. The molecular weight excluding hydrogens is 352 g/mol. The standard InChI is InChI=1S/C18H20N4O5/c1-27-14-8-21(7-12(14)19)9-2-3-10-11(6-9)18(26)22(17(10)25)13-4-5-15(23)20-16(13)24/h2-3,6,12-14H,4-5,7-8,19H2,1H3,(H,20,23,24)/t12-,13?,14+/m0/s1. The number of carbonyl (C=O) groups excluding carboxylic acids is 4. The van der Waals surface area contributed by atoms with Crippen LogP contribution in [0.1, 0.15) is 33.6 Å². The first-order chi connectivity index (χ1) is 12.9. The number of benzene rings is 1. The highest BCUT2D eigenvalue weighted by atomic mass is 16.5. The second-order valence-corrected chi connectivity index (χ2v) is 7.02. The number of amides is 4. The Morgan fingerprint density at radius 1 is 1.11 bits per heavy atom. The highest BCUT2D eigenvalue weighted by Crippen LogP contribution is 2.31. The van der Waals surface area contributed by atoms with Crippen LogP contribution in [0.15, 0.2) is 18.2 Å². The van der Waals surface area contributed by atoms with Crippen LogP contribution in [0.3, 0.4) is 0 Å². The zero-order valence-corrected chi connectivity index (χ0v) is 14.8. The molecule has 4 rings (SSSR count). The number of ether oxygens (including phenoxy) is 1. The summed E-state index contributed by atoms with van der Waals surface area (Å²) in [6, 6.07) is 3.93. The topological polar surface area (TPSA) is 122 Å². The van der Waals surface area contributed by atoms with E-state index in [1.807, 2.05) is 4.90 Å². The number of methoxy groups -OCH3 is 1. The van der Waals surface area contributed by atoms with Gasteiger partial charge in [0.05, 0.1) is 23.3 Å². The maximum Gasteiger partial charge on any atom is 0.262 e. The normalized spacial score (nSPS) is 28.0. The third-order valence-electron chi connectivity index (χ3n) is 5.40. The van der Waals surface area contributed by atoms with E-state index in [4.69, 9.17) is 10.5 Å². The SMILES string of the molecule is CO[C@@H]1CN(c2ccc3c(c2)C(=O)N(C2CCC(=O)NC2=O)C3=O)C[C@@H]1N. The number of anilines is 1. The van der Waals surface area contributed by atoms with Crippen molar-refractivity contribution < 1.29 is 23.9 Å². The van der Waals surface area contributed by atoms with Crippen molar-refractivity contribution in [3.8, 4) is 0 Å². The molecule has 0 aromatic heterocycles. The largest absolute Gasteiger partial charge is 0.378 e. The highest BCUT2D eigenvalue weighted by molar-refractivity contribution is 6.23. The molecule has 142 valence electrons. The Bertz CT molecular complexity index is 854. The van der Waals surface area contributed by atoms with Gasteiger partial charge in [-0.05, 0) is 24.6 Å². The van der Waals surface area contributed by atoms with Gasteiger partial charge in [-0.3, -0.25) is 29.4 Å². The Balaban J connectivity index is 1.61. The molecule has 0 saturated carbocycles. The van der Waals surface area contributed by atoms with Crippen molar-refractivity contribution in [2.24, 2.45) is 5.73 Å². The lowest BCUT2D eigenvalue weighted by Gasteiger charge is -2.27. The fourth-order valence-electron chi connectivity index (χ4n) is 3.92. The first-order valence-electron chi connectivity index (χ1n) is 8.79. The van der Waals surface area contributed by atoms with Gasteiger partial charge in [0, 0.05) is 32.3 Å². The van der Waals surface area contributed by atoms with E-state index in [0.29, 0.717) is 13.1 Å². The van der Waals surface area contributed by atoms with Crippen molar-refractivity contribution in [3.05, 3.63) is 29.3 Å². The number of carbonyl (C=O) groups is 4. The fourth-order valence-corrected chi connectivity index (χ4v) is 3.92. The van der Waals surface area contributed by atoms with E-state index in [-0.39, 0.29) is 36.1 Å². The van der Waals surface area contributed by atoms with Crippen LogP contribution in [0.4, 0.5) is 5.69 Å². The smallest absolute Gasteiger partial charge is 0.262 e. The predicted molar refractivity (Wildman–Crippen MR) is 94.1 cm³/mol. The van der Waals surface area contributed by atoms with E-state index < -0.39 is 29.7 Å². The second-order valence-electron chi connectivity index (χ2n) is 7.02. The number of hydrogen-bond donors (Lipinski definition) is 2. The molecule has 1 aromatic carbocycles. The van der Waals surface area contributed by atoms with Crippen molar-refractivity contribution in [3.63, 3.8) is 0 Å². The van der Waals surface area contributed by atoms with Gasteiger partial charge in [-0.25, -0.2) is 0 Å². The van der Waals surface area contributed by atoms with Crippen LogP contribution in [-0.4, -0.2) is 66.9 Å². The van der Waals surface area contributed by atoms with Crippen molar-refractivity contribution in [1.82, 2.24) is 10.2 Å². The van der Waals surface area contributed by atoms with Crippen molar-refractivity contribution >= 4 is 29.3 Å². The Morgan fingerprint density at radius 3 is 2.52 bits per heavy atom. The van der Waals surface area contributed by atoms with Crippen LogP contribution in [0.2, 0.25) is 0 Å². The lowest BCUT2D eigenvalue weighted by atomic mass is 10.0. The first kappa shape index (κ1) is 17.6. The summed E-state index contributed by atoms with van der Waals surface area (Å²) in [4.78, 5) is 52.0. The second kappa shape index (κ2) is 6.43. The van der Waals surface area contributed by atoms with Crippen LogP contribution in [0.25, 0.3) is 0 Å². The summed E-state index contributed by atoms with van der Waals surface area (Å²) in [5.74, 6) is -2.04. The molecule has 0 spiro atoms. The van der Waals surface area contributed by atoms with Crippen LogP contribution in [0.5, 0.6) is 0 Å². The van der Waals surface area contributed by atoms with Crippen molar-refractivity contribution in [2.45, 2.75) is 31.0 Å². The molecule has 4 amide bonds. The molecule has 9 nitrogen and oxygen atoms in total. The molecule has 3 atom stereocenters. The maximum absolute atomic E-state index is 12.9. The average Bonchev–Trinajstić information content (AvgIpc) is 3.14. The number of piperidine rings is 1. The molecule has 0 bridgehead atoms. The Labute approximate surface area is 155 Å². The number of nitrogens with zero attached hydrogens (tertiary/aromatic N) is 2. The third-order valence-corrected chi connectivity index (χ3v) is 5.40. The van der Waals surface area contributed by atoms with Gasteiger partial charge in [-0.1, -0.05) is 0 Å². The van der Waals surface area contributed by atoms with Gasteiger partial charge in [0.25, 0.3) is 11.8 Å². The molecule has 0 radical (unpaired) electrons. The molecule has 3 aliphatic rings.